The smallest absolute Gasteiger partial charge is 0.247 e. The van der Waals surface area contributed by atoms with E-state index in [1.54, 1.807) is 4.90 Å². The Balaban J connectivity index is 1.45. The Kier molecular flexibility index (Phi) is 4.70. The minimum Gasteiger partial charge on any atom is -0.394 e. The van der Waals surface area contributed by atoms with Crippen LogP contribution in [0, 0.1) is 0 Å². The van der Waals surface area contributed by atoms with E-state index in [1.807, 2.05) is 48.5 Å². The van der Waals surface area contributed by atoms with Crippen LogP contribution in [0.3, 0.4) is 0 Å². The highest BCUT2D eigenvalue weighted by atomic mass is 16.3. The van der Waals surface area contributed by atoms with E-state index in [0.29, 0.717) is 13.1 Å². The summed E-state index contributed by atoms with van der Waals surface area (Å²) in [5.41, 5.74) is 2.80. The van der Waals surface area contributed by atoms with Gasteiger partial charge in [0.15, 0.2) is 0 Å². The molecule has 4 rings (SSSR count). The van der Waals surface area contributed by atoms with Crippen molar-refractivity contribution in [3.63, 3.8) is 0 Å². The highest BCUT2D eigenvalue weighted by molar-refractivity contribution is 5.95. The molecule has 1 heterocycles. The number of aliphatic hydroxyl groups excluding tert-OH is 1. The standard InChI is InChI=1S/C22H24N2O3/c25-15-19(20(26)24-13-10-16-6-4-5-7-17(16)14-24)23-21(27)22(11-12-22)18-8-2-1-3-9-18/h1-9,19,25H,10-15H2,(H,23,27). The number of rotatable bonds is 5. The molecule has 1 aliphatic heterocycles. The van der Waals surface area contributed by atoms with Crippen LogP contribution in [0.2, 0.25) is 0 Å². The van der Waals surface area contributed by atoms with Crippen LogP contribution in [0.25, 0.3) is 0 Å². The lowest BCUT2D eigenvalue weighted by atomic mass is 9.94. The predicted molar refractivity (Wildman–Crippen MR) is 102 cm³/mol. The topological polar surface area (TPSA) is 69.6 Å². The van der Waals surface area contributed by atoms with Gasteiger partial charge < -0.3 is 15.3 Å². The predicted octanol–water partition coefficient (Wildman–Crippen LogP) is 1.78. The van der Waals surface area contributed by atoms with E-state index in [1.165, 1.54) is 5.56 Å². The third-order valence-corrected chi connectivity index (χ3v) is 5.74. The van der Waals surface area contributed by atoms with Gasteiger partial charge in [-0.1, -0.05) is 54.6 Å². The molecule has 140 valence electrons. The second-order valence-electron chi connectivity index (χ2n) is 7.44. The zero-order valence-electron chi connectivity index (χ0n) is 15.2. The van der Waals surface area contributed by atoms with Gasteiger partial charge in [0.05, 0.1) is 12.0 Å². The van der Waals surface area contributed by atoms with Gasteiger partial charge in [0, 0.05) is 13.1 Å². The maximum absolute atomic E-state index is 12.9. The molecule has 1 saturated carbocycles. The summed E-state index contributed by atoms with van der Waals surface area (Å²) in [4.78, 5) is 27.5. The summed E-state index contributed by atoms with van der Waals surface area (Å²) >= 11 is 0. The molecular weight excluding hydrogens is 340 g/mol. The van der Waals surface area contributed by atoms with Gasteiger partial charge in [-0.25, -0.2) is 0 Å². The van der Waals surface area contributed by atoms with Gasteiger partial charge >= 0.3 is 0 Å². The Hall–Kier alpha value is -2.66. The Morgan fingerprint density at radius 1 is 1.04 bits per heavy atom. The number of hydrogen-bond acceptors (Lipinski definition) is 3. The first-order valence-electron chi connectivity index (χ1n) is 9.47. The van der Waals surface area contributed by atoms with E-state index in [0.717, 1.165) is 30.4 Å². The van der Waals surface area contributed by atoms with Crippen molar-refractivity contribution >= 4 is 11.8 Å². The molecule has 0 bridgehead atoms. The molecule has 1 unspecified atom stereocenters. The fourth-order valence-electron chi connectivity index (χ4n) is 3.92. The average Bonchev–Trinajstić information content (AvgIpc) is 3.54. The van der Waals surface area contributed by atoms with Gasteiger partial charge in [-0.3, -0.25) is 9.59 Å². The number of aliphatic hydroxyl groups is 1. The average molecular weight is 364 g/mol. The Bertz CT molecular complexity index is 846. The SMILES string of the molecule is O=C(C(CO)NC(=O)C1(c2ccccc2)CC1)N1CCc2ccccc2C1. The zero-order valence-corrected chi connectivity index (χ0v) is 15.2. The number of amides is 2. The van der Waals surface area contributed by atoms with Gasteiger partial charge in [-0.05, 0) is 36.0 Å². The number of benzene rings is 2. The number of fused-ring (bicyclic) bond motifs is 1. The molecule has 0 radical (unpaired) electrons. The molecular formula is C22H24N2O3. The summed E-state index contributed by atoms with van der Waals surface area (Å²) in [6.07, 6.45) is 2.33. The largest absolute Gasteiger partial charge is 0.394 e. The maximum Gasteiger partial charge on any atom is 0.247 e. The lowest BCUT2D eigenvalue weighted by molar-refractivity contribution is -0.139. The third kappa shape index (κ3) is 3.35. The number of carbonyl (C=O) groups is 2. The van der Waals surface area contributed by atoms with Crippen LogP contribution in [0.1, 0.15) is 29.5 Å². The van der Waals surface area contributed by atoms with Crippen molar-refractivity contribution in [2.24, 2.45) is 0 Å². The van der Waals surface area contributed by atoms with Gasteiger partial charge in [-0.2, -0.15) is 0 Å². The van der Waals surface area contributed by atoms with Crippen molar-refractivity contribution in [1.29, 1.82) is 0 Å². The van der Waals surface area contributed by atoms with E-state index in [-0.39, 0.29) is 11.8 Å². The van der Waals surface area contributed by atoms with E-state index < -0.39 is 18.1 Å². The highest BCUT2D eigenvalue weighted by Gasteiger charge is 2.52. The van der Waals surface area contributed by atoms with Gasteiger partial charge in [-0.15, -0.1) is 0 Å². The van der Waals surface area contributed by atoms with Crippen molar-refractivity contribution in [1.82, 2.24) is 10.2 Å². The Labute approximate surface area is 159 Å². The molecule has 5 heteroatoms. The molecule has 2 aromatic carbocycles. The number of nitrogens with zero attached hydrogens (tertiary/aromatic N) is 1. The van der Waals surface area contributed by atoms with Crippen LogP contribution in [0.15, 0.2) is 54.6 Å². The fourth-order valence-corrected chi connectivity index (χ4v) is 3.92. The van der Waals surface area contributed by atoms with Crippen LogP contribution >= 0.6 is 0 Å². The quantitative estimate of drug-likeness (QED) is 0.850. The lowest BCUT2D eigenvalue weighted by Gasteiger charge is -2.32. The van der Waals surface area contributed by atoms with Crippen molar-refractivity contribution in [3.05, 3.63) is 71.3 Å². The zero-order chi connectivity index (χ0) is 18.9. The number of nitrogens with one attached hydrogen (secondary N) is 1. The van der Waals surface area contributed by atoms with Crippen LogP contribution in [-0.2, 0) is 28.0 Å². The van der Waals surface area contributed by atoms with Crippen LogP contribution in [0.5, 0.6) is 0 Å². The fraction of sp³-hybridized carbons (Fsp3) is 0.364. The molecule has 1 fully saturated rings. The lowest BCUT2D eigenvalue weighted by Crippen LogP contribution is -2.53. The maximum atomic E-state index is 12.9. The first-order chi connectivity index (χ1) is 13.1. The molecule has 0 spiro atoms. The first-order valence-corrected chi connectivity index (χ1v) is 9.47. The molecule has 1 aliphatic carbocycles. The van der Waals surface area contributed by atoms with Gasteiger partial charge in [0.25, 0.3) is 0 Å². The molecule has 2 amide bonds. The normalized spacial score (nSPS) is 18.3. The van der Waals surface area contributed by atoms with E-state index in [9.17, 15) is 14.7 Å². The summed E-state index contributed by atoms with van der Waals surface area (Å²) in [5, 5.41) is 12.6. The third-order valence-electron chi connectivity index (χ3n) is 5.74. The molecule has 5 nitrogen and oxygen atoms in total. The van der Waals surface area contributed by atoms with E-state index >= 15 is 0 Å². The van der Waals surface area contributed by atoms with Crippen LogP contribution in [0.4, 0.5) is 0 Å². The minimum absolute atomic E-state index is 0.168. The minimum atomic E-state index is -0.899. The van der Waals surface area contributed by atoms with Crippen molar-refractivity contribution < 1.29 is 14.7 Å². The summed E-state index contributed by atoms with van der Waals surface area (Å²) in [6, 6.07) is 16.8. The summed E-state index contributed by atoms with van der Waals surface area (Å²) in [5.74, 6) is -0.386. The molecule has 2 aliphatic rings. The van der Waals surface area contributed by atoms with Crippen LogP contribution in [-0.4, -0.2) is 41.0 Å². The van der Waals surface area contributed by atoms with Crippen molar-refractivity contribution in [3.8, 4) is 0 Å². The van der Waals surface area contributed by atoms with Gasteiger partial charge in [0.1, 0.15) is 6.04 Å². The summed E-state index contributed by atoms with van der Waals surface area (Å²) in [6.45, 7) is 0.727. The number of carbonyl (C=O) groups excluding carboxylic acids is 2. The molecule has 0 saturated heterocycles. The molecule has 27 heavy (non-hydrogen) atoms. The van der Waals surface area contributed by atoms with Gasteiger partial charge in [0.2, 0.25) is 11.8 Å². The van der Waals surface area contributed by atoms with Crippen LogP contribution < -0.4 is 5.32 Å². The highest BCUT2D eigenvalue weighted by Crippen LogP contribution is 2.48. The second-order valence-corrected chi connectivity index (χ2v) is 7.44. The monoisotopic (exact) mass is 364 g/mol. The molecule has 1 atom stereocenters. The number of hydrogen-bond donors (Lipinski definition) is 2. The van der Waals surface area contributed by atoms with E-state index in [2.05, 4.69) is 11.4 Å². The van der Waals surface area contributed by atoms with E-state index in [4.69, 9.17) is 0 Å². The molecule has 2 N–H and O–H groups in total. The summed E-state index contributed by atoms with van der Waals surface area (Å²) < 4.78 is 0. The van der Waals surface area contributed by atoms with Crippen molar-refractivity contribution in [2.75, 3.05) is 13.2 Å². The Morgan fingerprint density at radius 2 is 1.70 bits per heavy atom. The molecule has 2 aromatic rings. The Morgan fingerprint density at radius 3 is 2.37 bits per heavy atom. The summed E-state index contributed by atoms with van der Waals surface area (Å²) in [7, 11) is 0. The second kappa shape index (κ2) is 7.16. The molecule has 0 aromatic heterocycles. The van der Waals surface area contributed by atoms with Crippen molar-refractivity contribution in [2.45, 2.75) is 37.3 Å². The first kappa shape index (κ1) is 17.7.